The highest BCUT2D eigenvalue weighted by molar-refractivity contribution is 5.85. The van der Waals surface area contributed by atoms with Gasteiger partial charge in [0.2, 0.25) is 0 Å². The van der Waals surface area contributed by atoms with Crippen LogP contribution in [0.15, 0.2) is 24.3 Å². The first-order valence-corrected chi connectivity index (χ1v) is 3.87. The normalized spacial score (nSPS) is 9.08. The second-order valence-corrected chi connectivity index (χ2v) is 2.64. The molecule has 0 heterocycles. The van der Waals surface area contributed by atoms with E-state index in [2.05, 4.69) is 6.07 Å². The Labute approximate surface area is 79.4 Å². The molecular weight excluding hydrogens is 172 g/mol. The Kier molecular flexibility index (Phi) is 5.51. The molecule has 0 unspecified atom stereocenters. The summed E-state index contributed by atoms with van der Waals surface area (Å²) < 4.78 is 0. The minimum atomic E-state index is 0. The number of benzene rings is 1. The van der Waals surface area contributed by atoms with Gasteiger partial charge in [-0.3, -0.25) is 0 Å². The number of hydrogen-bond donors (Lipinski definition) is 2. The lowest BCUT2D eigenvalue weighted by Crippen LogP contribution is -2.00. The minimum absolute atomic E-state index is 0. The maximum absolute atomic E-state index is 5.60. The third-order valence-corrected chi connectivity index (χ3v) is 1.62. The Morgan fingerprint density at radius 1 is 1.25 bits per heavy atom. The molecule has 1 rings (SSSR count). The average Bonchev–Trinajstić information content (AvgIpc) is 2.01. The zero-order valence-electron chi connectivity index (χ0n) is 6.99. The summed E-state index contributed by atoms with van der Waals surface area (Å²) in [5.74, 6) is 0. The van der Waals surface area contributed by atoms with Crippen LogP contribution in [0, 0.1) is 0 Å². The zero-order chi connectivity index (χ0) is 8.10. The highest BCUT2D eigenvalue weighted by Crippen LogP contribution is 2.07. The first-order valence-electron chi connectivity index (χ1n) is 3.87. The molecule has 0 saturated heterocycles. The molecule has 0 aliphatic carbocycles. The SMILES string of the molecule is Cl.NCCCc1cccc(N)c1. The molecule has 1 aromatic rings. The fourth-order valence-electron chi connectivity index (χ4n) is 1.05. The van der Waals surface area contributed by atoms with E-state index in [4.69, 9.17) is 11.5 Å². The number of anilines is 1. The smallest absolute Gasteiger partial charge is 0.0316 e. The van der Waals surface area contributed by atoms with Crippen LogP contribution < -0.4 is 11.5 Å². The molecule has 2 nitrogen and oxygen atoms in total. The van der Waals surface area contributed by atoms with Crippen molar-refractivity contribution in [3.8, 4) is 0 Å². The van der Waals surface area contributed by atoms with Crippen LogP contribution in [0.25, 0.3) is 0 Å². The van der Waals surface area contributed by atoms with Gasteiger partial charge in [-0.1, -0.05) is 12.1 Å². The van der Waals surface area contributed by atoms with Crippen LogP contribution >= 0.6 is 12.4 Å². The van der Waals surface area contributed by atoms with Crippen LogP contribution in [-0.2, 0) is 6.42 Å². The molecule has 0 radical (unpaired) electrons. The van der Waals surface area contributed by atoms with Crippen molar-refractivity contribution < 1.29 is 0 Å². The van der Waals surface area contributed by atoms with Crippen molar-refractivity contribution in [2.24, 2.45) is 5.73 Å². The molecule has 1 aromatic carbocycles. The van der Waals surface area contributed by atoms with E-state index < -0.39 is 0 Å². The van der Waals surface area contributed by atoms with Gasteiger partial charge < -0.3 is 11.5 Å². The molecule has 12 heavy (non-hydrogen) atoms. The van der Waals surface area contributed by atoms with Crippen molar-refractivity contribution in [2.45, 2.75) is 12.8 Å². The lowest BCUT2D eigenvalue weighted by molar-refractivity contribution is 0.833. The summed E-state index contributed by atoms with van der Waals surface area (Å²) >= 11 is 0. The van der Waals surface area contributed by atoms with Gasteiger partial charge in [-0.15, -0.1) is 12.4 Å². The topological polar surface area (TPSA) is 52.0 Å². The summed E-state index contributed by atoms with van der Waals surface area (Å²) in [6.45, 7) is 0.745. The van der Waals surface area contributed by atoms with E-state index in [1.54, 1.807) is 0 Å². The van der Waals surface area contributed by atoms with Gasteiger partial charge in [0.05, 0.1) is 0 Å². The van der Waals surface area contributed by atoms with E-state index in [9.17, 15) is 0 Å². The summed E-state index contributed by atoms with van der Waals surface area (Å²) in [6.07, 6.45) is 2.06. The summed E-state index contributed by atoms with van der Waals surface area (Å²) in [4.78, 5) is 0. The zero-order valence-corrected chi connectivity index (χ0v) is 7.81. The highest BCUT2D eigenvalue weighted by atomic mass is 35.5. The van der Waals surface area contributed by atoms with Crippen molar-refractivity contribution in [3.05, 3.63) is 29.8 Å². The van der Waals surface area contributed by atoms with Gasteiger partial charge >= 0.3 is 0 Å². The molecular formula is C9H15ClN2. The number of aryl methyl sites for hydroxylation is 1. The molecule has 0 saturated carbocycles. The predicted octanol–water partition coefficient (Wildman–Crippen LogP) is 1.58. The second kappa shape index (κ2) is 5.86. The number of hydrogen-bond acceptors (Lipinski definition) is 2. The van der Waals surface area contributed by atoms with Crippen LogP contribution in [0.3, 0.4) is 0 Å². The van der Waals surface area contributed by atoms with Crippen molar-refractivity contribution in [1.82, 2.24) is 0 Å². The van der Waals surface area contributed by atoms with Gasteiger partial charge in [0, 0.05) is 5.69 Å². The summed E-state index contributed by atoms with van der Waals surface area (Å²) in [7, 11) is 0. The summed E-state index contributed by atoms with van der Waals surface area (Å²) in [5, 5.41) is 0. The van der Waals surface area contributed by atoms with Crippen molar-refractivity contribution in [1.29, 1.82) is 0 Å². The van der Waals surface area contributed by atoms with E-state index in [-0.39, 0.29) is 12.4 Å². The molecule has 0 aliphatic heterocycles. The second-order valence-electron chi connectivity index (χ2n) is 2.64. The molecule has 3 heteroatoms. The fraction of sp³-hybridized carbons (Fsp3) is 0.333. The molecule has 0 bridgehead atoms. The fourth-order valence-corrected chi connectivity index (χ4v) is 1.05. The van der Waals surface area contributed by atoms with Crippen LogP contribution in [0.5, 0.6) is 0 Å². The third kappa shape index (κ3) is 3.60. The Hall–Kier alpha value is -0.730. The van der Waals surface area contributed by atoms with Crippen LogP contribution in [-0.4, -0.2) is 6.54 Å². The quantitative estimate of drug-likeness (QED) is 0.705. The molecule has 0 aromatic heterocycles. The van der Waals surface area contributed by atoms with Crippen molar-refractivity contribution >= 4 is 18.1 Å². The Bertz CT molecular complexity index is 226. The summed E-state index contributed by atoms with van der Waals surface area (Å²) in [5.41, 5.74) is 13.1. The van der Waals surface area contributed by atoms with E-state index in [1.165, 1.54) is 5.56 Å². The van der Waals surface area contributed by atoms with Gasteiger partial charge in [0.25, 0.3) is 0 Å². The number of halogens is 1. The Morgan fingerprint density at radius 3 is 2.58 bits per heavy atom. The average molecular weight is 187 g/mol. The number of rotatable bonds is 3. The molecule has 0 atom stereocenters. The van der Waals surface area contributed by atoms with Crippen LogP contribution in [0.4, 0.5) is 5.69 Å². The molecule has 0 amide bonds. The molecule has 0 spiro atoms. The molecule has 68 valence electrons. The number of nitrogens with two attached hydrogens (primary N) is 2. The van der Waals surface area contributed by atoms with E-state index in [0.29, 0.717) is 0 Å². The predicted molar refractivity (Wildman–Crippen MR) is 55.5 cm³/mol. The van der Waals surface area contributed by atoms with Crippen LogP contribution in [0.1, 0.15) is 12.0 Å². The van der Waals surface area contributed by atoms with Crippen molar-refractivity contribution in [2.75, 3.05) is 12.3 Å². The van der Waals surface area contributed by atoms with E-state index in [1.807, 2.05) is 18.2 Å². The van der Waals surface area contributed by atoms with Gasteiger partial charge in [0.15, 0.2) is 0 Å². The van der Waals surface area contributed by atoms with Gasteiger partial charge in [-0.2, -0.15) is 0 Å². The van der Waals surface area contributed by atoms with Crippen molar-refractivity contribution in [3.63, 3.8) is 0 Å². The maximum atomic E-state index is 5.60. The molecule has 0 fully saturated rings. The van der Waals surface area contributed by atoms with E-state index in [0.717, 1.165) is 25.1 Å². The van der Waals surface area contributed by atoms with Crippen LogP contribution in [0.2, 0.25) is 0 Å². The molecule has 4 N–H and O–H groups in total. The monoisotopic (exact) mass is 186 g/mol. The Morgan fingerprint density at radius 2 is 2.00 bits per heavy atom. The summed E-state index contributed by atoms with van der Waals surface area (Å²) in [6, 6.07) is 7.94. The van der Waals surface area contributed by atoms with Gasteiger partial charge in [0.1, 0.15) is 0 Å². The Balaban J connectivity index is 0.00000121. The first-order chi connectivity index (χ1) is 5.33. The highest BCUT2D eigenvalue weighted by Gasteiger charge is 1.91. The standard InChI is InChI=1S/C9H14N2.ClH/c10-6-2-4-8-3-1-5-9(11)7-8;/h1,3,5,7H,2,4,6,10-11H2;1H. The van der Waals surface area contributed by atoms with E-state index >= 15 is 0 Å². The third-order valence-electron chi connectivity index (χ3n) is 1.62. The van der Waals surface area contributed by atoms with Gasteiger partial charge in [-0.05, 0) is 37.1 Å². The largest absolute Gasteiger partial charge is 0.399 e. The number of nitrogen functional groups attached to an aromatic ring is 1. The lowest BCUT2D eigenvalue weighted by atomic mass is 10.1. The van der Waals surface area contributed by atoms with Gasteiger partial charge in [-0.25, -0.2) is 0 Å². The maximum Gasteiger partial charge on any atom is 0.0316 e. The minimum Gasteiger partial charge on any atom is -0.399 e. The first kappa shape index (κ1) is 11.3. The molecule has 0 aliphatic rings. The lowest BCUT2D eigenvalue weighted by Gasteiger charge is -1.99.